The van der Waals surface area contributed by atoms with Gasteiger partial charge in [-0.1, -0.05) is 6.07 Å². The Balaban J connectivity index is 2.32. The molecule has 1 aromatic carbocycles. The van der Waals surface area contributed by atoms with Crippen LogP contribution in [0.4, 0.5) is 15.9 Å². The molecule has 7 heteroatoms. The van der Waals surface area contributed by atoms with Gasteiger partial charge in [-0.05, 0) is 24.3 Å². The Morgan fingerprint density at radius 1 is 1.21 bits per heavy atom. The van der Waals surface area contributed by atoms with Crippen molar-refractivity contribution >= 4 is 21.5 Å². The van der Waals surface area contributed by atoms with Gasteiger partial charge in [0.15, 0.2) is 0 Å². The molecule has 0 atom stereocenters. The van der Waals surface area contributed by atoms with Gasteiger partial charge in [-0.25, -0.2) is 17.8 Å². The van der Waals surface area contributed by atoms with Crippen molar-refractivity contribution in [1.82, 2.24) is 4.98 Å². The highest BCUT2D eigenvalue weighted by molar-refractivity contribution is 7.92. The van der Waals surface area contributed by atoms with E-state index in [4.69, 9.17) is 0 Å². The Morgan fingerprint density at radius 2 is 2.00 bits per heavy atom. The van der Waals surface area contributed by atoms with Crippen LogP contribution in [0.3, 0.4) is 0 Å². The minimum Gasteiger partial charge on any atom is -0.373 e. The quantitative estimate of drug-likeness (QED) is 0.900. The summed E-state index contributed by atoms with van der Waals surface area (Å²) in [5.74, 6) is -0.0760. The fourth-order valence-electron chi connectivity index (χ4n) is 1.48. The Morgan fingerprint density at radius 3 is 2.68 bits per heavy atom. The van der Waals surface area contributed by atoms with Gasteiger partial charge in [0.05, 0.1) is 10.6 Å². The number of aromatic nitrogens is 1. The third-order valence-electron chi connectivity index (χ3n) is 2.37. The predicted octanol–water partition coefficient (Wildman–Crippen LogP) is 2.06. The molecule has 5 nitrogen and oxygen atoms in total. The zero-order chi connectivity index (χ0) is 13.9. The van der Waals surface area contributed by atoms with Gasteiger partial charge in [0.2, 0.25) is 0 Å². The zero-order valence-electron chi connectivity index (χ0n) is 10.1. The molecule has 0 aliphatic rings. The van der Waals surface area contributed by atoms with Crippen LogP contribution in [0, 0.1) is 5.82 Å². The number of halogens is 1. The minimum absolute atomic E-state index is 0.0520. The predicted molar refractivity (Wildman–Crippen MR) is 71.0 cm³/mol. The first kappa shape index (κ1) is 13.3. The number of benzene rings is 1. The summed E-state index contributed by atoms with van der Waals surface area (Å²) in [5, 5.41) is 2.75. The van der Waals surface area contributed by atoms with Gasteiger partial charge in [0.25, 0.3) is 10.0 Å². The van der Waals surface area contributed by atoms with Crippen molar-refractivity contribution in [3.8, 4) is 0 Å². The average molecular weight is 281 g/mol. The number of hydrogen-bond acceptors (Lipinski definition) is 4. The summed E-state index contributed by atoms with van der Waals surface area (Å²) in [4.78, 5) is 3.98. The molecule has 0 amide bonds. The van der Waals surface area contributed by atoms with Crippen LogP contribution < -0.4 is 10.0 Å². The molecule has 0 bridgehead atoms. The summed E-state index contributed by atoms with van der Waals surface area (Å²) in [6, 6.07) is 8.00. The van der Waals surface area contributed by atoms with Crippen molar-refractivity contribution in [2.75, 3.05) is 17.1 Å². The van der Waals surface area contributed by atoms with Gasteiger partial charge in [-0.15, -0.1) is 0 Å². The van der Waals surface area contributed by atoms with E-state index >= 15 is 0 Å². The molecule has 2 aromatic rings. The van der Waals surface area contributed by atoms with E-state index in [2.05, 4.69) is 15.0 Å². The molecule has 2 N–H and O–H groups in total. The molecule has 0 saturated carbocycles. The zero-order valence-corrected chi connectivity index (χ0v) is 10.9. The molecule has 2 rings (SSSR count). The standard InChI is InChI=1S/C12H12FN3O2S/c1-14-12-8-11(5-6-15-12)19(17,18)16-10-4-2-3-9(13)7-10/h2-8,16H,1H3,(H,14,15). The number of hydrogen-bond donors (Lipinski definition) is 2. The monoisotopic (exact) mass is 281 g/mol. The second-order valence-electron chi connectivity index (χ2n) is 3.74. The summed E-state index contributed by atoms with van der Waals surface area (Å²) in [6.45, 7) is 0. The summed E-state index contributed by atoms with van der Waals surface area (Å²) in [7, 11) is -2.12. The Kier molecular flexibility index (Phi) is 3.66. The summed E-state index contributed by atoms with van der Waals surface area (Å²) >= 11 is 0. The van der Waals surface area contributed by atoms with E-state index in [9.17, 15) is 12.8 Å². The van der Waals surface area contributed by atoms with Gasteiger partial charge >= 0.3 is 0 Å². The lowest BCUT2D eigenvalue weighted by molar-refractivity contribution is 0.601. The number of nitrogens with one attached hydrogen (secondary N) is 2. The molecule has 1 heterocycles. The number of nitrogens with zero attached hydrogens (tertiary/aromatic N) is 1. The molecule has 0 spiro atoms. The van der Waals surface area contributed by atoms with E-state index in [1.807, 2.05) is 0 Å². The first-order chi connectivity index (χ1) is 9.01. The van der Waals surface area contributed by atoms with Crippen LogP contribution in [0.25, 0.3) is 0 Å². The molecular weight excluding hydrogens is 269 g/mol. The van der Waals surface area contributed by atoms with Crippen LogP contribution >= 0.6 is 0 Å². The number of pyridine rings is 1. The summed E-state index contributed by atoms with van der Waals surface area (Å²) in [6.07, 6.45) is 1.38. The van der Waals surface area contributed by atoms with Crippen LogP contribution in [-0.4, -0.2) is 20.4 Å². The summed E-state index contributed by atoms with van der Waals surface area (Å²) < 4.78 is 39.5. The van der Waals surface area contributed by atoms with Crippen molar-refractivity contribution in [1.29, 1.82) is 0 Å². The minimum atomic E-state index is -3.76. The van der Waals surface area contributed by atoms with E-state index < -0.39 is 15.8 Å². The highest BCUT2D eigenvalue weighted by Crippen LogP contribution is 2.18. The maximum atomic E-state index is 13.0. The fourth-order valence-corrected chi connectivity index (χ4v) is 2.54. The Hall–Kier alpha value is -2.15. The second-order valence-corrected chi connectivity index (χ2v) is 5.43. The lowest BCUT2D eigenvalue weighted by Gasteiger charge is -2.09. The Bertz CT molecular complexity index is 689. The van der Waals surface area contributed by atoms with Crippen LogP contribution in [0.2, 0.25) is 0 Å². The van der Waals surface area contributed by atoms with Crippen LogP contribution in [0.5, 0.6) is 0 Å². The van der Waals surface area contributed by atoms with Crippen molar-refractivity contribution in [3.63, 3.8) is 0 Å². The van der Waals surface area contributed by atoms with Crippen molar-refractivity contribution < 1.29 is 12.8 Å². The van der Waals surface area contributed by atoms with Gasteiger partial charge in [0, 0.05) is 19.3 Å². The largest absolute Gasteiger partial charge is 0.373 e. The number of anilines is 2. The normalized spacial score (nSPS) is 11.1. The lowest BCUT2D eigenvalue weighted by atomic mass is 10.3. The maximum Gasteiger partial charge on any atom is 0.262 e. The SMILES string of the molecule is CNc1cc(S(=O)(=O)Nc2cccc(F)c2)ccn1. The number of sulfonamides is 1. The van der Waals surface area contributed by atoms with Gasteiger partial charge in [-0.2, -0.15) is 0 Å². The summed E-state index contributed by atoms with van der Waals surface area (Å²) in [5.41, 5.74) is 0.169. The average Bonchev–Trinajstić information content (AvgIpc) is 2.38. The van der Waals surface area contributed by atoms with Gasteiger partial charge in [0.1, 0.15) is 11.6 Å². The molecule has 19 heavy (non-hydrogen) atoms. The topological polar surface area (TPSA) is 71.1 Å². The highest BCUT2D eigenvalue weighted by Gasteiger charge is 2.15. The smallest absolute Gasteiger partial charge is 0.262 e. The van der Waals surface area contributed by atoms with E-state index in [0.29, 0.717) is 5.82 Å². The van der Waals surface area contributed by atoms with E-state index in [0.717, 1.165) is 6.07 Å². The van der Waals surface area contributed by atoms with Gasteiger partial charge < -0.3 is 5.32 Å². The van der Waals surface area contributed by atoms with Crippen molar-refractivity contribution in [2.24, 2.45) is 0 Å². The molecule has 0 aliphatic heterocycles. The lowest BCUT2D eigenvalue weighted by Crippen LogP contribution is -2.13. The molecule has 0 aliphatic carbocycles. The molecule has 0 unspecified atom stereocenters. The second kappa shape index (κ2) is 5.23. The molecule has 0 saturated heterocycles. The van der Waals surface area contributed by atoms with E-state index in [1.165, 1.54) is 36.5 Å². The molecule has 1 aromatic heterocycles. The van der Waals surface area contributed by atoms with Gasteiger partial charge in [-0.3, -0.25) is 4.72 Å². The van der Waals surface area contributed by atoms with Crippen LogP contribution in [-0.2, 0) is 10.0 Å². The molecular formula is C12H12FN3O2S. The highest BCUT2D eigenvalue weighted by atomic mass is 32.2. The maximum absolute atomic E-state index is 13.0. The number of rotatable bonds is 4. The first-order valence-electron chi connectivity index (χ1n) is 5.43. The third-order valence-corrected chi connectivity index (χ3v) is 3.75. The van der Waals surface area contributed by atoms with E-state index in [1.54, 1.807) is 7.05 Å². The van der Waals surface area contributed by atoms with Crippen molar-refractivity contribution in [2.45, 2.75) is 4.90 Å². The third kappa shape index (κ3) is 3.19. The van der Waals surface area contributed by atoms with Crippen LogP contribution in [0.15, 0.2) is 47.5 Å². The van der Waals surface area contributed by atoms with Crippen LogP contribution in [0.1, 0.15) is 0 Å². The Labute approximate surface area is 110 Å². The molecule has 0 radical (unpaired) electrons. The molecule has 0 fully saturated rings. The first-order valence-corrected chi connectivity index (χ1v) is 6.92. The fraction of sp³-hybridized carbons (Fsp3) is 0.0833. The van der Waals surface area contributed by atoms with Crippen molar-refractivity contribution in [3.05, 3.63) is 48.4 Å². The van der Waals surface area contributed by atoms with E-state index in [-0.39, 0.29) is 10.6 Å². The molecule has 100 valence electrons.